The zero-order chi connectivity index (χ0) is 20.4. The number of halogens is 2. The maximum absolute atomic E-state index is 12.6. The van der Waals surface area contributed by atoms with Gasteiger partial charge in [0.25, 0.3) is 11.6 Å². The van der Waals surface area contributed by atoms with Gasteiger partial charge in [0.1, 0.15) is 10.6 Å². The molecule has 0 aliphatic carbocycles. The summed E-state index contributed by atoms with van der Waals surface area (Å²) in [6.45, 7) is 0. The average molecular weight is 501 g/mol. The smallest absolute Gasteiger partial charge is 0.270 e. The van der Waals surface area contributed by atoms with E-state index in [0.29, 0.717) is 25.8 Å². The molecule has 0 aliphatic heterocycles. The highest BCUT2D eigenvalue weighted by molar-refractivity contribution is 9.10. The Hall–Kier alpha value is -2.27. The van der Waals surface area contributed by atoms with Crippen molar-refractivity contribution in [3.63, 3.8) is 0 Å². The number of hydrogen-bond acceptors (Lipinski definition) is 6. The van der Waals surface area contributed by atoms with Gasteiger partial charge < -0.3 is 10.1 Å². The van der Waals surface area contributed by atoms with Crippen LogP contribution in [0.4, 0.5) is 11.4 Å². The van der Waals surface area contributed by atoms with Crippen molar-refractivity contribution in [2.75, 3.05) is 12.4 Å². The number of thiophene rings is 1. The molecule has 0 saturated carbocycles. The third kappa shape index (κ3) is 4.25. The third-order valence-electron chi connectivity index (χ3n) is 3.68. The predicted molar refractivity (Wildman–Crippen MR) is 118 cm³/mol. The lowest BCUT2D eigenvalue weighted by Gasteiger charge is -2.10. The van der Waals surface area contributed by atoms with Crippen molar-refractivity contribution in [2.45, 2.75) is 0 Å². The van der Waals surface area contributed by atoms with E-state index in [-0.39, 0.29) is 10.8 Å². The summed E-state index contributed by atoms with van der Waals surface area (Å²) in [7, 11) is 1.56. The first-order valence-electron chi connectivity index (χ1n) is 7.62. The van der Waals surface area contributed by atoms with Crippen molar-refractivity contribution in [3.05, 3.63) is 60.9 Å². The largest absolute Gasteiger partial charge is 0.497 e. The van der Waals surface area contributed by atoms with Crippen LogP contribution in [0.3, 0.4) is 0 Å². The molecule has 11 heteroatoms. The number of nitro benzene ring substituents is 1. The first kappa shape index (κ1) is 20.5. The standard InChI is InChI=1S/C17H11BrClN3O4S2/c1-26-9-3-4-10-13(7-9)28-15(14(10)19)16(23)21-17(27)20-12-5-2-8(22(24)25)6-11(12)18/h2-7H,1H3,(H2,20,21,23,27). The number of nitro groups is 1. The number of rotatable bonds is 4. The number of carbonyl (C=O) groups is 1. The van der Waals surface area contributed by atoms with E-state index in [2.05, 4.69) is 26.6 Å². The van der Waals surface area contributed by atoms with E-state index in [0.717, 1.165) is 10.1 Å². The monoisotopic (exact) mass is 499 g/mol. The summed E-state index contributed by atoms with van der Waals surface area (Å²) in [6, 6.07) is 9.50. The van der Waals surface area contributed by atoms with E-state index in [1.165, 1.54) is 29.5 Å². The van der Waals surface area contributed by atoms with E-state index < -0.39 is 10.8 Å². The van der Waals surface area contributed by atoms with Gasteiger partial charge in [-0.1, -0.05) is 11.6 Å². The zero-order valence-corrected chi connectivity index (χ0v) is 18.1. The van der Waals surface area contributed by atoms with Crippen LogP contribution >= 0.6 is 51.1 Å². The fourth-order valence-electron chi connectivity index (χ4n) is 2.35. The highest BCUT2D eigenvalue weighted by Crippen LogP contribution is 2.37. The number of ether oxygens (including phenoxy) is 1. The van der Waals surface area contributed by atoms with Crippen molar-refractivity contribution in [2.24, 2.45) is 0 Å². The highest BCUT2D eigenvalue weighted by atomic mass is 79.9. The van der Waals surface area contributed by atoms with E-state index in [1.807, 2.05) is 0 Å². The van der Waals surface area contributed by atoms with Gasteiger partial charge in [-0.25, -0.2) is 0 Å². The van der Waals surface area contributed by atoms with Crippen LogP contribution in [0.25, 0.3) is 10.1 Å². The minimum absolute atomic E-state index is 0.0330. The molecule has 0 aliphatic rings. The number of non-ortho nitro benzene ring substituents is 1. The number of fused-ring (bicyclic) bond motifs is 1. The molecule has 0 radical (unpaired) electrons. The summed E-state index contributed by atoms with van der Waals surface area (Å²) >= 11 is 16.0. The van der Waals surface area contributed by atoms with E-state index in [4.69, 9.17) is 28.6 Å². The number of thiocarbonyl (C=S) groups is 1. The molecule has 0 unspecified atom stereocenters. The number of nitrogens with one attached hydrogen (secondary N) is 2. The summed E-state index contributed by atoms with van der Waals surface area (Å²) in [4.78, 5) is 23.2. The van der Waals surface area contributed by atoms with Crippen LogP contribution in [0.15, 0.2) is 40.9 Å². The average Bonchev–Trinajstić information content (AvgIpc) is 2.99. The van der Waals surface area contributed by atoms with Gasteiger partial charge in [-0.05, 0) is 52.4 Å². The van der Waals surface area contributed by atoms with Crippen LogP contribution in [0.2, 0.25) is 5.02 Å². The molecular formula is C17H11BrClN3O4S2. The van der Waals surface area contributed by atoms with Crippen molar-refractivity contribution >= 4 is 83.6 Å². The van der Waals surface area contributed by atoms with Crippen molar-refractivity contribution in [3.8, 4) is 5.75 Å². The number of amides is 1. The number of methoxy groups -OCH3 is 1. The minimum atomic E-state index is -0.507. The number of hydrogen-bond donors (Lipinski definition) is 2. The normalized spacial score (nSPS) is 10.5. The van der Waals surface area contributed by atoms with Crippen molar-refractivity contribution in [1.82, 2.24) is 5.32 Å². The molecule has 1 amide bonds. The minimum Gasteiger partial charge on any atom is -0.497 e. The Kier molecular flexibility index (Phi) is 6.14. The maximum Gasteiger partial charge on any atom is 0.270 e. The molecular weight excluding hydrogens is 490 g/mol. The molecule has 3 rings (SSSR count). The zero-order valence-electron chi connectivity index (χ0n) is 14.1. The van der Waals surface area contributed by atoms with Gasteiger partial charge in [0.15, 0.2) is 5.11 Å². The van der Waals surface area contributed by atoms with Gasteiger partial charge in [-0.2, -0.15) is 0 Å². The number of carbonyl (C=O) groups excluding carboxylic acids is 1. The molecule has 1 aromatic heterocycles. The van der Waals surface area contributed by atoms with Crippen LogP contribution in [0.1, 0.15) is 9.67 Å². The molecule has 144 valence electrons. The second kappa shape index (κ2) is 8.39. The van der Waals surface area contributed by atoms with Gasteiger partial charge >= 0.3 is 0 Å². The van der Waals surface area contributed by atoms with Crippen molar-refractivity contribution in [1.29, 1.82) is 0 Å². The Morgan fingerprint density at radius 3 is 2.71 bits per heavy atom. The molecule has 0 saturated heterocycles. The topological polar surface area (TPSA) is 93.5 Å². The fraction of sp³-hybridized carbons (Fsp3) is 0.0588. The SMILES string of the molecule is COc1ccc2c(Cl)c(C(=O)NC(=S)Nc3ccc([N+](=O)[O-])cc3Br)sc2c1. The quantitative estimate of drug-likeness (QED) is 0.284. The number of nitrogens with zero attached hydrogens (tertiary/aromatic N) is 1. The maximum atomic E-state index is 12.6. The first-order chi connectivity index (χ1) is 13.3. The van der Waals surface area contributed by atoms with Crippen LogP contribution < -0.4 is 15.4 Å². The van der Waals surface area contributed by atoms with Crippen molar-refractivity contribution < 1.29 is 14.5 Å². The van der Waals surface area contributed by atoms with Gasteiger partial charge in [0, 0.05) is 26.7 Å². The molecule has 2 aromatic carbocycles. The number of anilines is 1. The summed E-state index contributed by atoms with van der Waals surface area (Å²) in [5.41, 5.74) is 0.405. The van der Waals surface area contributed by atoms with Crippen LogP contribution in [0, 0.1) is 10.1 Å². The Morgan fingerprint density at radius 2 is 2.07 bits per heavy atom. The number of benzene rings is 2. The van der Waals surface area contributed by atoms with E-state index in [1.54, 1.807) is 25.3 Å². The van der Waals surface area contributed by atoms with Gasteiger partial charge in [-0.15, -0.1) is 11.3 Å². The van der Waals surface area contributed by atoms with Crippen LogP contribution in [0.5, 0.6) is 5.75 Å². The lowest BCUT2D eigenvalue weighted by Crippen LogP contribution is -2.33. The summed E-state index contributed by atoms with van der Waals surface area (Å²) in [6.07, 6.45) is 0. The van der Waals surface area contributed by atoms with Gasteiger partial charge in [0.2, 0.25) is 0 Å². The Morgan fingerprint density at radius 1 is 1.32 bits per heavy atom. The molecule has 0 atom stereocenters. The molecule has 0 fully saturated rings. The lowest BCUT2D eigenvalue weighted by atomic mass is 10.2. The lowest BCUT2D eigenvalue weighted by molar-refractivity contribution is -0.384. The summed E-state index contributed by atoms with van der Waals surface area (Å²) < 4.78 is 6.43. The summed E-state index contributed by atoms with van der Waals surface area (Å²) in [5.74, 6) is 0.207. The van der Waals surface area contributed by atoms with Crippen LogP contribution in [-0.4, -0.2) is 23.1 Å². The molecule has 28 heavy (non-hydrogen) atoms. The van der Waals surface area contributed by atoms with Crippen LogP contribution in [-0.2, 0) is 0 Å². The second-order valence-electron chi connectivity index (χ2n) is 5.44. The van der Waals surface area contributed by atoms with Gasteiger partial charge in [0.05, 0.1) is 22.7 Å². The predicted octanol–water partition coefficient (Wildman–Crippen LogP) is 5.36. The molecule has 7 nitrogen and oxygen atoms in total. The fourth-order valence-corrected chi connectivity index (χ4v) is 4.46. The Balaban J connectivity index is 1.76. The van der Waals surface area contributed by atoms with E-state index in [9.17, 15) is 14.9 Å². The molecule has 0 bridgehead atoms. The molecule has 2 N–H and O–H groups in total. The Bertz CT molecular complexity index is 1120. The molecule has 0 spiro atoms. The van der Waals surface area contributed by atoms with Gasteiger partial charge in [-0.3, -0.25) is 20.2 Å². The van der Waals surface area contributed by atoms with E-state index >= 15 is 0 Å². The third-order valence-corrected chi connectivity index (χ3v) is 6.20. The first-order valence-corrected chi connectivity index (χ1v) is 10.0. The summed E-state index contributed by atoms with van der Waals surface area (Å²) in [5, 5.41) is 17.3. The second-order valence-corrected chi connectivity index (χ2v) is 8.13. The highest BCUT2D eigenvalue weighted by Gasteiger charge is 2.19. The Labute approximate surface area is 181 Å². The molecule has 1 heterocycles. The molecule has 3 aromatic rings.